The number of benzene rings is 1. The average molecular weight is 263 g/mol. The average Bonchev–Trinajstić information content (AvgIpc) is 2.41. The lowest BCUT2D eigenvalue weighted by Crippen LogP contribution is -2.29. The zero-order valence-corrected chi connectivity index (χ0v) is 13.1. The Labute approximate surface area is 118 Å². The lowest BCUT2D eigenvalue weighted by molar-refractivity contribution is 0.170. The van der Waals surface area contributed by atoms with Gasteiger partial charge < -0.3 is 10.1 Å². The number of rotatable bonds is 8. The Morgan fingerprint density at radius 2 is 2.00 bits per heavy atom. The molecular formula is C17H29NO. The van der Waals surface area contributed by atoms with E-state index in [2.05, 4.69) is 51.2 Å². The summed E-state index contributed by atoms with van der Waals surface area (Å²) in [6.45, 7) is 10.8. The molecule has 19 heavy (non-hydrogen) atoms. The van der Waals surface area contributed by atoms with Crippen molar-refractivity contribution >= 4 is 0 Å². The van der Waals surface area contributed by atoms with Crippen molar-refractivity contribution in [1.29, 1.82) is 0 Å². The Bertz CT molecular complexity index is 376. The molecule has 0 fully saturated rings. The van der Waals surface area contributed by atoms with Crippen LogP contribution in [0.1, 0.15) is 49.4 Å². The van der Waals surface area contributed by atoms with Gasteiger partial charge in [-0.25, -0.2) is 0 Å². The van der Waals surface area contributed by atoms with E-state index in [1.54, 1.807) is 7.11 Å². The molecule has 1 aromatic rings. The second-order valence-electron chi connectivity index (χ2n) is 5.48. The molecule has 2 unspecified atom stereocenters. The first kappa shape index (κ1) is 16.2. The Hall–Kier alpha value is -0.860. The second kappa shape index (κ2) is 8.34. The first-order valence-corrected chi connectivity index (χ1v) is 7.40. The number of nitrogens with one attached hydrogen (secondary N) is 1. The predicted octanol–water partition coefficient (Wildman–Crippen LogP) is 4.02. The van der Waals surface area contributed by atoms with Gasteiger partial charge in [-0.2, -0.15) is 0 Å². The van der Waals surface area contributed by atoms with Gasteiger partial charge in [0.2, 0.25) is 0 Å². The molecule has 108 valence electrons. The summed E-state index contributed by atoms with van der Waals surface area (Å²) < 4.78 is 5.23. The molecule has 0 aliphatic rings. The van der Waals surface area contributed by atoms with Crippen LogP contribution in [0.4, 0.5) is 0 Å². The molecule has 1 N–H and O–H groups in total. The molecule has 0 amide bonds. The minimum Gasteiger partial charge on any atom is -0.385 e. The fourth-order valence-corrected chi connectivity index (χ4v) is 2.50. The Morgan fingerprint density at radius 3 is 2.63 bits per heavy atom. The summed E-state index contributed by atoms with van der Waals surface area (Å²) in [5.74, 6) is 0.576. The fourth-order valence-electron chi connectivity index (χ4n) is 2.50. The van der Waals surface area contributed by atoms with Crippen molar-refractivity contribution in [2.24, 2.45) is 5.92 Å². The zero-order chi connectivity index (χ0) is 14.3. The maximum atomic E-state index is 5.23. The molecule has 2 heteroatoms. The van der Waals surface area contributed by atoms with Crippen molar-refractivity contribution in [3.63, 3.8) is 0 Å². The van der Waals surface area contributed by atoms with Crippen LogP contribution < -0.4 is 5.32 Å². The third-order valence-electron chi connectivity index (χ3n) is 3.94. The quantitative estimate of drug-likeness (QED) is 0.765. The highest BCUT2D eigenvalue weighted by Crippen LogP contribution is 2.28. The highest BCUT2D eigenvalue weighted by atomic mass is 16.5. The van der Waals surface area contributed by atoms with Crippen LogP contribution in [0.3, 0.4) is 0 Å². The third kappa shape index (κ3) is 4.63. The number of hydrogen-bond donors (Lipinski definition) is 1. The van der Waals surface area contributed by atoms with Gasteiger partial charge in [0.05, 0.1) is 0 Å². The summed E-state index contributed by atoms with van der Waals surface area (Å²) in [5.41, 5.74) is 4.23. The monoisotopic (exact) mass is 263 g/mol. The molecule has 0 heterocycles. The number of ether oxygens (including phenoxy) is 1. The summed E-state index contributed by atoms with van der Waals surface area (Å²) in [6, 6.07) is 7.05. The number of hydrogen-bond acceptors (Lipinski definition) is 2. The molecule has 0 saturated carbocycles. The summed E-state index contributed by atoms with van der Waals surface area (Å²) in [4.78, 5) is 0. The van der Waals surface area contributed by atoms with Crippen LogP contribution in [0.25, 0.3) is 0 Å². The normalized spacial score (nSPS) is 14.4. The van der Waals surface area contributed by atoms with E-state index in [1.807, 2.05) is 0 Å². The minimum atomic E-state index is 0.426. The second-order valence-corrected chi connectivity index (χ2v) is 5.48. The lowest BCUT2D eigenvalue weighted by atomic mass is 9.88. The summed E-state index contributed by atoms with van der Waals surface area (Å²) >= 11 is 0. The van der Waals surface area contributed by atoms with Crippen molar-refractivity contribution in [2.45, 2.75) is 46.6 Å². The van der Waals surface area contributed by atoms with Crippen molar-refractivity contribution in [1.82, 2.24) is 5.32 Å². The van der Waals surface area contributed by atoms with E-state index < -0.39 is 0 Å². The van der Waals surface area contributed by atoms with E-state index in [-0.39, 0.29) is 0 Å². The molecular weight excluding hydrogens is 234 g/mol. The molecule has 0 radical (unpaired) electrons. The van der Waals surface area contributed by atoms with E-state index >= 15 is 0 Å². The highest BCUT2D eigenvalue weighted by molar-refractivity contribution is 5.35. The van der Waals surface area contributed by atoms with Gasteiger partial charge in [0, 0.05) is 19.8 Å². The Kier molecular flexibility index (Phi) is 7.11. The minimum absolute atomic E-state index is 0.426. The van der Waals surface area contributed by atoms with Crippen molar-refractivity contribution in [2.75, 3.05) is 20.3 Å². The van der Waals surface area contributed by atoms with Crippen LogP contribution in [0.5, 0.6) is 0 Å². The molecule has 2 nitrogen and oxygen atoms in total. The standard InChI is InChI=1S/C17H29NO/c1-6-11-18-17(14(3)10-12-19-5)16-9-7-8-13(2)15(16)4/h7-9,14,17-18H,6,10-12H2,1-5H3. The van der Waals surface area contributed by atoms with Crippen LogP contribution >= 0.6 is 0 Å². The molecule has 0 bridgehead atoms. The molecule has 0 aromatic heterocycles. The number of methoxy groups -OCH3 is 1. The first-order valence-electron chi connectivity index (χ1n) is 7.40. The van der Waals surface area contributed by atoms with Gasteiger partial charge in [-0.3, -0.25) is 0 Å². The molecule has 1 rings (SSSR count). The predicted molar refractivity (Wildman–Crippen MR) is 82.6 cm³/mol. The van der Waals surface area contributed by atoms with Gasteiger partial charge in [-0.15, -0.1) is 0 Å². The lowest BCUT2D eigenvalue weighted by Gasteiger charge is -2.27. The summed E-state index contributed by atoms with van der Waals surface area (Å²) in [7, 11) is 1.78. The van der Waals surface area contributed by atoms with Crippen molar-refractivity contribution in [3.05, 3.63) is 34.9 Å². The van der Waals surface area contributed by atoms with Gasteiger partial charge in [-0.05, 0) is 55.8 Å². The zero-order valence-electron chi connectivity index (χ0n) is 13.1. The molecule has 0 aliphatic carbocycles. The van der Waals surface area contributed by atoms with Crippen LogP contribution in [-0.2, 0) is 4.74 Å². The van der Waals surface area contributed by atoms with Gasteiger partial charge in [-0.1, -0.05) is 32.0 Å². The van der Waals surface area contributed by atoms with Gasteiger partial charge in [0.1, 0.15) is 0 Å². The molecule has 1 aromatic carbocycles. The first-order chi connectivity index (χ1) is 9.11. The topological polar surface area (TPSA) is 21.3 Å². The number of aryl methyl sites for hydroxylation is 1. The SMILES string of the molecule is CCCNC(c1cccc(C)c1C)C(C)CCOC. The smallest absolute Gasteiger partial charge is 0.0465 e. The van der Waals surface area contributed by atoms with Gasteiger partial charge in [0.15, 0.2) is 0 Å². The van der Waals surface area contributed by atoms with Gasteiger partial charge in [0.25, 0.3) is 0 Å². The Morgan fingerprint density at radius 1 is 1.26 bits per heavy atom. The molecule has 0 spiro atoms. The van der Waals surface area contributed by atoms with Crippen molar-refractivity contribution < 1.29 is 4.74 Å². The third-order valence-corrected chi connectivity index (χ3v) is 3.94. The fraction of sp³-hybridized carbons (Fsp3) is 0.647. The summed E-state index contributed by atoms with van der Waals surface area (Å²) in [6.07, 6.45) is 2.25. The van der Waals surface area contributed by atoms with Crippen LogP contribution in [0, 0.1) is 19.8 Å². The Balaban J connectivity index is 2.91. The molecule has 0 saturated heterocycles. The molecule has 2 atom stereocenters. The molecule has 0 aliphatic heterocycles. The van der Waals surface area contributed by atoms with E-state index in [0.29, 0.717) is 12.0 Å². The van der Waals surface area contributed by atoms with Crippen LogP contribution in [0.15, 0.2) is 18.2 Å². The summed E-state index contributed by atoms with van der Waals surface area (Å²) in [5, 5.41) is 3.71. The van der Waals surface area contributed by atoms with E-state index in [9.17, 15) is 0 Å². The van der Waals surface area contributed by atoms with E-state index in [0.717, 1.165) is 19.6 Å². The highest BCUT2D eigenvalue weighted by Gasteiger charge is 2.20. The van der Waals surface area contributed by atoms with Gasteiger partial charge >= 0.3 is 0 Å². The van der Waals surface area contributed by atoms with Crippen molar-refractivity contribution in [3.8, 4) is 0 Å². The van der Waals surface area contributed by atoms with E-state index in [4.69, 9.17) is 4.74 Å². The maximum absolute atomic E-state index is 5.23. The largest absolute Gasteiger partial charge is 0.385 e. The maximum Gasteiger partial charge on any atom is 0.0465 e. The van der Waals surface area contributed by atoms with Crippen LogP contribution in [0.2, 0.25) is 0 Å². The van der Waals surface area contributed by atoms with E-state index in [1.165, 1.54) is 23.1 Å². The van der Waals surface area contributed by atoms with Crippen LogP contribution in [-0.4, -0.2) is 20.3 Å².